The van der Waals surface area contributed by atoms with Gasteiger partial charge in [0.25, 0.3) is 0 Å². The summed E-state index contributed by atoms with van der Waals surface area (Å²) in [4.78, 5) is 0. The van der Waals surface area contributed by atoms with Crippen molar-refractivity contribution in [3.05, 3.63) is 42.0 Å². The Hall–Kier alpha value is -0.0400. The summed E-state index contributed by atoms with van der Waals surface area (Å²) in [7, 11) is 1.89. The molecule has 102 valence electrons. The van der Waals surface area contributed by atoms with Crippen molar-refractivity contribution >= 4 is 65.1 Å². The zero-order chi connectivity index (χ0) is 14.2. The lowest BCUT2D eigenvalue weighted by Gasteiger charge is -2.12. The summed E-state index contributed by atoms with van der Waals surface area (Å²) in [6, 6.07) is 3.98. The van der Waals surface area contributed by atoms with Crippen LogP contribution in [0.4, 0.5) is 5.69 Å². The summed E-state index contributed by atoms with van der Waals surface area (Å²) in [6.07, 6.45) is 0. The molecule has 0 fully saturated rings. The summed E-state index contributed by atoms with van der Waals surface area (Å²) in [5, 5.41) is 8.36. The maximum Gasteiger partial charge on any atom is 0.0865 e. The largest absolute Gasteiger partial charge is 0.378 e. The van der Waals surface area contributed by atoms with Gasteiger partial charge in [-0.3, -0.25) is 4.68 Å². The molecule has 2 rings (SSSR count). The third kappa shape index (κ3) is 3.35. The first kappa shape index (κ1) is 15.4. The normalized spacial score (nSPS) is 10.8. The fraction of sp³-hybridized carbons (Fsp3) is 0.250. The Balaban J connectivity index is 2.24. The van der Waals surface area contributed by atoms with Crippen LogP contribution in [-0.2, 0) is 13.6 Å². The van der Waals surface area contributed by atoms with Crippen LogP contribution in [0.2, 0.25) is 5.02 Å². The Bertz CT molecular complexity index is 602. The number of aromatic nitrogens is 2. The van der Waals surface area contributed by atoms with Gasteiger partial charge in [0.15, 0.2) is 0 Å². The fourth-order valence-corrected chi connectivity index (χ4v) is 4.52. The van der Waals surface area contributed by atoms with Crippen LogP contribution in [-0.4, -0.2) is 9.78 Å². The summed E-state index contributed by atoms with van der Waals surface area (Å²) in [6.45, 7) is 2.51. The van der Waals surface area contributed by atoms with Gasteiger partial charge in [-0.05, 0) is 50.9 Å². The molecule has 2 aromatic rings. The van der Waals surface area contributed by atoms with E-state index in [-0.39, 0.29) is 0 Å². The van der Waals surface area contributed by atoms with Crippen LogP contribution in [0.1, 0.15) is 11.4 Å². The highest BCUT2D eigenvalue weighted by atomic mass is 79.9. The standard InChI is InChI=1S/C12H11Br3ClN3/c1-6-11(16)10(19(2)18-6)5-17-12-8(14)3-7(13)4-9(12)15/h3-4,17H,5H2,1-2H3. The summed E-state index contributed by atoms with van der Waals surface area (Å²) >= 11 is 16.7. The lowest BCUT2D eigenvalue weighted by molar-refractivity contribution is 0.713. The fourth-order valence-electron chi connectivity index (χ4n) is 1.76. The molecule has 1 aromatic carbocycles. The topological polar surface area (TPSA) is 29.9 Å². The molecule has 1 heterocycles. The van der Waals surface area contributed by atoms with E-state index in [0.29, 0.717) is 11.6 Å². The summed E-state index contributed by atoms with van der Waals surface area (Å²) in [5.41, 5.74) is 2.79. The third-order valence-electron chi connectivity index (χ3n) is 2.70. The van der Waals surface area contributed by atoms with Gasteiger partial charge in [0.2, 0.25) is 0 Å². The highest BCUT2D eigenvalue weighted by Gasteiger charge is 2.12. The van der Waals surface area contributed by atoms with Crippen molar-refractivity contribution in [3.63, 3.8) is 0 Å². The average molecular weight is 472 g/mol. The Labute approximate surface area is 142 Å². The predicted octanol–water partition coefficient (Wildman–Crippen LogP) is 5.28. The number of benzene rings is 1. The number of hydrogen-bond acceptors (Lipinski definition) is 2. The molecule has 1 N–H and O–H groups in total. The van der Waals surface area contributed by atoms with Gasteiger partial charge in [0, 0.05) is 20.5 Å². The van der Waals surface area contributed by atoms with Gasteiger partial charge in [0.05, 0.1) is 28.6 Å². The van der Waals surface area contributed by atoms with Crippen molar-refractivity contribution in [2.24, 2.45) is 7.05 Å². The number of hydrogen-bond donors (Lipinski definition) is 1. The molecule has 0 saturated heterocycles. The van der Waals surface area contributed by atoms with E-state index in [1.54, 1.807) is 4.68 Å². The zero-order valence-electron chi connectivity index (χ0n) is 10.3. The van der Waals surface area contributed by atoms with Gasteiger partial charge in [-0.25, -0.2) is 0 Å². The van der Waals surface area contributed by atoms with Gasteiger partial charge in [-0.2, -0.15) is 5.10 Å². The van der Waals surface area contributed by atoms with Gasteiger partial charge in [-0.1, -0.05) is 27.5 Å². The van der Waals surface area contributed by atoms with E-state index in [1.165, 1.54) is 0 Å². The van der Waals surface area contributed by atoms with E-state index in [0.717, 1.165) is 30.5 Å². The number of anilines is 1. The number of nitrogens with one attached hydrogen (secondary N) is 1. The van der Waals surface area contributed by atoms with E-state index in [9.17, 15) is 0 Å². The second kappa shape index (κ2) is 6.16. The molecule has 0 bridgehead atoms. The molecular formula is C12H11Br3ClN3. The lowest BCUT2D eigenvalue weighted by atomic mass is 10.3. The monoisotopic (exact) mass is 469 g/mol. The molecule has 19 heavy (non-hydrogen) atoms. The molecule has 3 nitrogen and oxygen atoms in total. The molecule has 0 amide bonds. The molecule has 0 radical (unpaired) electrons. The minimum absolute atomic E-state index is 0.606. The van der Waals surface area contributed by atoms with Crippen molar-refractivity contribution in [3.8, 4) is 0 Å². The first-order valence-corrected chi connectivity index (χ1v) is 8.22. The molecule has 0 saturated carbocycles. The Kier molecular flexibility index (Phi) is 4.98. The second-order valence-electron chi connectivity index (χ2n) is 4.07. The smallest absolute Gasteiger partial charge is 0.0865 e. The first-order valence-electron chi connectivity index (χ1n) is 5.46. The van der Waals surface area contributed by atoms with E-state index in [2.05, 4.69) is 58.2 Å². The molecule has 0 aliphatic rings. The first-order chi connectivity index (χ1) is 8.90. The third-order valence-corrected chi connectivity index (χ3v) is 4.90. The van der Waals surface area contributed by atoms with E-state index < -0.39 is 0 Å². The van der Waals surface area contributed by atoms with Gasteiger partial charge in [0.1, 0.15) is 0 Å². The van der Waals surface area contributed by atoms with Crippen molar-refractivity contribution in [2.75, 3.05) is 5.32 Å². The van der Waals surface area contributed by atoms with Crippen molar-refractivity contribution in [1.29, 1.82) is 0 Å². The molecular weight excluding hydrogens is 461 g/mol. The van der Waals surface area contributed by atoms with Gasteiger partial charge in [-0.15, -0.1) is 0 Å². The second-order valence-corrected chi connectivity index (χ2v) is 7.07. The van der Waals surface area contributed by atoms with Crippen molar-refractivity contribution < 1.29 is 0 Å². The molecule has 0 spiro atoms. The molecule has 1 aromatic heterocycles. The van der Waals surface area contributed by atoms with Crippen molar-refractivity contribution in [2.45, 2.75) is 13.5 Å². The Morgan fingerprint density at radius 1 is 1.26 bits per heavy atom. The number of rotatable bonds is 3. The van der Waals surface area contributed by atoms with Crippen LogP contribution in [0.3, 0.4) is 0 Å². The number of halogens is 4. The van der Waals surface area contributed by atoms with Crippen molar-refractivity contribution in [1.82, 2.24) is 9.78 Å². The maximum absolute atomic E-state index is 6.23. The lowest BCUT2D eigenvalue weighted by Crippen LogP contribution is -2.06. The quantitative estimate of drug-likeness (QED) is 0.659. The zero-order valence-corrected chi connectivity index (χ0v) is 15.8. The summed E-state index contributed by atoms with van der Waals surface area (Å²) < 4.78 is 4.75. The average Bonchev–Trinajstić information content (AvgIpc) is 2.53. The highest BCUT2D eigenvalue weighted by Crippen LogP contribution is 2.35. The minimum atomic E-state index is 0.606. The van der Waals surface area contributed by atoms with E-state index in [4.69, 9.17) is 11.6 Å². The van der Waals surface area contributed by atoms with Gasteiger partial charge < -0.3 is 5.32 Å². The molecule has 0 aliphatic heterocycles. The molecule has 7 heteroatoms. The Morgan fingerprint density at radius 3 is 2.32 bits per heavy atom. The predicted molar refractivity (Wildman–Crippen MR) is 89.8 cm³/mol. The number of aryl methyl sites for hydroxylation is 2. The van der Waals surface area contributed by atoms with Gasteiger partial charge >= 0.3 is 0 Å². The van der Waals surface area contributed by atoms with Crippen LogP contribution in [0.15, 0.2) is 25.6 Å². The van der Waals surface area contributed by atoms with E-state index >= 15 is 0 Å². The molecule has 0 aliphatic carbocycles. The van der Waals surface area contributed by atoms with Crippen LogP contribution in [0.5, 0.6) is 0 Å². The van der Waals surface area contributed by atoms with E-state index in [1.807, 2.05) is 26.1 Å². The van der Waals surface area contributed by atoms with Crippen LogP contribution in [0.25, 0.3) is 0 Å². The van der Waals surface area contributed by atoms with Crippen LogP contribution >= 0.6 is 59.4 Å². The molecule has 0 unspecified atom stereocenters. The van der Waals surface area contributed by atoms with Crippen LogP contribution < -0.4 is 5.32 Å². The SMILES string of the molecule is Cc1nn(C)c(CNc2c(Br)cc(Br)cc2Br)c1Cl. The summed E-state index contributed by atoms with van der Waals surface area (Å²) in [5.74, 6) is 0. The number of nitrogens with zero attached hydrogens (tertiary/aromatic N) is 2. The van der Waals surface area contributed by atoms with Crippen LogP contribution in [0, 0.1) is 6.92 Å². The highest BCUT2D eigenvalue weighted by molar-refractivity contribution is 9.11. The Morgan fingerprint density at radius 2 is 1.84 bits per heavy atom. The minimum Gasteiger partial charge on any atom is -0.378 e. The maximum atomic E-state index is 6.23. The molecule has 0 atom stereocenters.